The molecule has 6 heterocycles. The van der Waals surface area contributed by atoms with Gasteiger partial charge in [0.25, 0.3) is 0 Å². The summed E-state index contributed by atoms with van der Waals surface area (Å²) in [5.74, 6) is -0.709. The Morgan fingerprint density at radius 3 is 1.14 bits per heavy atom. The minimum atomic E-state index is -2.12. The maximum Gasteiger partial charge on any atom is 0.217 e. The first kappa shape index (κ1) is 57.5. The SMILES string of the molecule is CC(=O)N[C@H]1[C@H](OC[C@H]2O[C@@H](OC[C@H]3O[C@@H](OC[C@H]4O[C@@H](O)[C@H](O)[C@@H](O[C@@H]5O[C@H](CO)[C@@H](O)[C@H](O)[C@H]5O)[C@@H]4O)[C@H](O)[C@@H](O)[C@@H]3O)[C@H](O)[C@@H](O[C@@H]3O[C@H](CO)[C@@H](O)[C@H](O)[C@H]3O)[C@@H]2O)O[C@H](CO)[C@@H](O)[C@@H]1O. The average Bonchev–Trinajstić information content (AvgIpc) is 3.33. The van der Waals surface area contributed by atoms with Crippen LogP contribution in [-0.4, -0.2) is 327 Å². The molecule has 0 saturated carbocycles. The lowest BCUT2D eigenvalue weighted by molar-refractivity contribution is -0.371. The van der Waals surface area contributed by atoms with Crippen LogP contribution in [0.25, 0.3) is 0 Å². The number of hydrogen-bond acceptors (Lipinski definition) is 31. The molecule has 0 aromatic heterocycles. The molecule has 6 saturated heterocycles. The van der Waals surface area contributed by atoms with Crippen molar-refractivity contribution >= 4 is 5.91 Å². The second-order valence-corrected chi connectivity index (χ2v) is 17.6. The van der Waals surface area contributed by atoms with Crippen molar-refractivity contribution < 1.29 is 154 Å². The Kier molecular flexibility index (Phi) is 20.3. The summed E-state index contributed by atoms with van der Waals surface area (Å²) in [6, 6.07) is -1.48. The summed E-state index contributed by atoms with van der Waals surface area (Å²) in [5.41, 5.74) is 0. The number of rotatable bonds is 17. The van der Waals surface area contributed by atoms with E-state index in [4.69, 9.17) is 52.1 Å². The summed E-state index contributed by atoms with van der Waals surface area (Å²) >= 11 is 0. The van der Waals surface area contributed by atoms with E-state index >= 15 is 0 Å². The second-order valence-electron chi connectivity index (χ2n) is 17.6. The van der Waals surface area contributed by atoms with Crippen molar-refractivity contribution in [1.29, 1.82) is 0 Å². The number of hydrogen-bond donors (Lipinski definition) is 20. The molecule has 6 aliphatic heterocycles. The fourth-order valence-corrected chi connectivity index (χ4v) is 8.60. The monoisotopic (exact) mass is 1030 g/mol. The van der Waals surface area contributed by atoms with E-state index in [0.717, 1.165) is 6.92 Å². The van der Waals surface area contributed by atoms with E-state index in [0.29, 0.717) is 0 Å². The Morgan fingerprint density at radius 2 is 0.700 bits per heavy atom. The maximum absolute atomic E-state index is 12.0. The van der Waals surface area contributed by atoms with Crippen molar-refractivity contribution in [2.24, 2.45) is 0 Å². The summed E-state index contributed by atoms with van der Waals surface area (Å²) in [6.45, 7) is -4.03. The number of aliphatic hydroxyl groups is 19. The highest BCUT2D eigenvalue weighted by Gasteiger charge is 2.55. The van der Waals surface area contributed by atoms with E-state index in [1.807, 2.05) is 0 Å². The van der Waals surface area contributed by atoms with E-state index in [9.17, 15) is 102 Å². The lowest BCUT2D eigenvalue weighted by Crippen LogP contribution is -2.66. The highest BCUT2D eigenvalue weighted by Crippen LogP contribution is 2.34. The van der Waals surface area contributed by atoms with Gasteiger partial charge in [-0.2, -0.15) is 0 Å². The van der Waals surface area contributed by atoms with Gasteiger partial charge in [0.1, 0.15) is 146 Å². The van der Waals surface area contributed by atoms with Crippen LogP contribution in [0.1, 0.15) is 6.92 Å². The summed E-state index contributed by atoms with van der Waals surface area (Å²) in [7, 11) is 0. The van der Waals surface area contributed by atoms with Gasteiger partial charge in [-0.25, -0.2) is 0 Å². The van der Waals surface area contributed by atoms with Crippen LogP contribution in [0.2, 0.25) is 0 Å². The van der Waals surface area contributed by atoms with Gasteiger partial charge in [-0.1, -0.05) is 0 Å². The Balaban J connectivity index is 1.15. The van der Waals surface area contributed by atoms with Gasteiger partial charge in [-0.15, -0.1) is 0 Å². The molecule has 0 bridgehead atoms. The molecule has 0 unspecified atom stereocenters. The van der Waals surface area contributed by atoms with Crippen molar-refractivity contribution in [2.75, 3.05) is 39.6 Å². The Bertz CT molecular complexity index is 1630. The van der Waals surface area contributed by atoms with Gasteiger partial charge in [0.15, 0.2) is 37.7 Å². The van der Waals surface area contributed by atoms with Crippen LogP contribution < -0.4 is 5.32 Å². The van der Waals surface area contributed by atoms with Gasteiger partial charge in [-0.3, -0.25) is 4.79 Å². The highest BCUT2D eigenvalue weighted by molar-refractivity contribution is 5.73. The molecule has 0 aromatic rings. The molecule has 70 heavy (non-hydrogen) atoms. The normalized spacial score (nSPS) is 51.5. The van der Waals surface area contributed by atoms with Crippen LogP contribution in [0.15, 0.2) is 0 Å². The summed E-state index contributed by atoms with van der Waals surface area (Å²) in [6.07, 6.45) is -54.2. The van der Waals surface area contributed by atoms with Crippen molar-refractivity contribution in [1.82, 2.24) is 5.32 Å². The van der Waals surface area contributed by atoms with Crippen LogP contribution in [0.4, 0.5) is 0 Å². The van der Waals surface area contributed by atoms with E-state index in [-0.39, 0.29) is 0 Å². The molecule has 0 aliphatic carbocycles. The van der Waals surface area contributed by atoms with Crippen LogP contribution in [-0.2, 0) is 56.9 Å². The van der Waals surface area contributed by atoms with Crippen LogP contribution >= 0.6 is 0 Å². The molecule has 408 valence electrons. The van der Waals surface area contributed by atoms with E-state index < -0.39 is 230 Å². The van der Waals surface area contributed by atoms with E-state index in [1.165, 1.54) is 0 Å². The van der Waals surface area contributed by atoms with Gasteiger partial charge in [0.2, 0.25) is 5.91 Å². The topological polar surface area (TPSA) is 515 Å². The molecule has 0 spiro atoms. The molecule has 32 nitrogen and oxygen atoms in total. The third kappa shape index (κ3) is 12.3. The van der Waals surface area contributed by atoms with Crippen LogP contribution in [0, 0.1) is 0 Å². The van der Waals surface area contributed by atoms with Crippen molar-refractivity contribution in [3.05, 3.63) is 0 Å². The van der Waals surface area contributed by atoms with Gasteiger partial charge >= 0.3 is 0 Å². The third-order valence-corrected chi connectivity index (χ3v) is 12.8. The van der Waals surface area contributed by atoms with Crippen molar-refractivity contribution in [3.8, 4) is 0 Å². The van der Waals surface area contributed by atoms with E-state index in [1.54, 1.807) is 0 Å². The molecule has 32 heteroatoms. The fraction of sp³-hybridized carbons (Fsp3) is 0.974. The largest absolute Gasteiger partial charge is 0.394 e. The maximum atomic E-state index is 12.0. The molecule has 1 amide bonds. The highest BCUT2D eigenvalue weighted by atomic mass is 16.8. The van der Waals surface area contributed by atoms with Crippen molar-refractivity contribution in [3.63, 3.8) is 0 Å². The van der Waals surface area contributed by atoms with Crippen LogP contribution in [0.3, 0.4) is 0 Å². The van der Waals surface area contributed by atoms with Gasteiger partial charge < -0.3 is 154 Å². The number of ether oxygens (including phenoxy) is 11. The smallest absolute Gasteiger partial charge is 0.217 e. The zero-order valence-corrected chi connectivity index (χ0v) is 37.0. The Morgan fingerprint density at radius 1 is 0.371 bits per heavy atom. The lowest BCUT2D eigenvalue weighted by atomic mass is 9.96. The third-order valence-electron chi connectivity index (χ3n) is 12.8. The molecular formula is C38H65NO31. The van der Waals surface area contributed by atoms with Gasteiger partial charge in [-0.05, 0) is 0 Å². The standard InChI is InChI=1S/C38H65NO31/c1-8(43)39-15-22(50)16(44)9(2-40)64-34(15)60-7-14-21(49)32(70-38-28(56)24(52)18(46)11(4-42)66-38)30(58)36(68-14)62-5-12-19(47)25(53)26(54)35(67-12)61-6-13-20(48)31(29(57)33(59)63-13)69-37-27(55)23(51)17(45)10(3-41)65-37/h9-38,40-42,44-59H,2-7H2,1H3,(H,39,43)/t9-,10-,11-,12-,13-,14-,15-,16-,17-,18-,19-,20-,21-,22-,23+,24+,25+,26-,27-,28-,29-,30-,31+,32+,33-,34-,35-,36-,37+,38+/m1/s1. The summed E-state index contributed by atoms with van der Waals surface area (Å²) < 4.78 is 61.0. The van der Waals surface area contributed by atoms with Crippen LogP contribution in [0.5, 0.6) is 0 Å². The van der Waals surface area contributed by atoms with Gasteiger partial charge in [0, 0.05) is 6.92 Å². The molecule has 6 fully saturated rings. The molecule has 6 rings (SSSR count). The Hall–Kier alpha value is -1.73. The number of amides is 1. The minimum absolute atomic E-state index is 0.709. The first-order valence-corrected chi connectivity index (χ1v) is 22.1. The van der Waals surface area contributed by atoms with Gasteiger partial charge in [0.05, 0.1) is 39.6 Å². The first-order chi connectivity index (χ1) is 33.0. The number of aliphatic hydroxyl groups excluding tert-OH is 19. The summed E-state index contributed by atoms with van der Waals surface area (Å²) in [4.78, 5) is 12.0. The fourth-order valence-electron chi connectivity index (χ4n) is 8.60. The number of nitrogens with one attached hydrogen (secondary N) is 1. The number of carbonyl (C=O) groups excluding carboxylic acids is 1. The Labute approximate surface area is 395 Å². The molecule has 0 aromatic carbocycles. The zero-order valence-electron chi connectivity index (χ0n) is 37.0. The van der Waals surface area contributed by atoms with Crippen molar-refractivity contribution in [2.45, 2.75) is 191 Å². The zero-order chi connectivity index (χ0) is 51.6. The second kappa shape index (κ2) is 24.7. The molecule has 30 atom stereocenters. The molecule has 20 N–H and O–H groups in total. The minimum Gasteiger partial charge on any atom is -0.394 e. The molecule has 6 aliphatic rings. The van der Waals surface area contributed by atoms with E-state index in [2.05, 4.69) is 5.32 Å². The molecule has 0 radical (unpaired) electrons. The predicted octanol–water partition coefficient (Wildman–Crippen LogP) is -14.0. The predicted molar refractivity (Wildman–Crippen MR) is 211 cm³/mol. The number of carbonyl (C=O) groups is 1. The quantitative estimate of drug-likeness (QED) is 0.0643. The molecular weight excluding hydrogens is 966 g/mol. The lowest BCUT2D eigenvalue weighted by Gasteiger charge is -2.47. The first-order valence-electron chi connectivity index (χ1n) is 22.1. The average molecular weight is 1030 g/mol. The summed E-state index contributed by atoms with van der Waals surface area (Å²) in [5, 5.41) is 202.